The molecule has 17 heavy (non-hydrogen) atoms. The van der Waals surface area contributed by atoms with E-state index in [0.29, 0.717) is 0 Å². The lowest BCUT2D eigenvalue weighted by Crippen LogP contribution is -2.34. The molecule has 1 unspecified atom stereocenters. The third-order valence-electron chi connectivity index (χ3n) is 3.45. The molecular weight excluding hydrogens is 212 g/mol. The highest BCUT2D eigenvalue weighted by molar-refractivity contribution is 5.36. The van der Waals surface area contributed by atoms with E-state index in [4.69, 9.17) is 0 Å². The molecule has 1 aromatic heterocycles. The summed E-state index contributed by atoms with van der Waals surface area (Å²) in [5, 5.41) is 11.4. The highest BCUT2D eigenvalue weighted by Crippen LogP contribution is 2.12. The van der Waals surface area contributed by atoms with Gasteiger partial charge in [-0.15, -0.1) is 0 Å². The summed E-state index contributed by atoms with van der Waals surface area (Å²) >= 11 is 0. The first kappa shape index (κ1) is 12.4. The highest BCUT2D eigenvalue weighted by atomic mass is 15.3. The van der Waals surface area contributed by atoms with Crippen LogP contribution in [0.3, 0.4) is 0 Å². The van der Waals surface area contributed by atoms with Crippen molar-refractivity contribution in [2.45, 2.75) is 45.1 Å². The Labute approximate surface area is 104 Å². The maximum atomic E-state index is 4.32. The maximum Gasteiger partial charge on any atom is 0.124 e. The number of aromatic nitrogens is 2. The van der Waals surface area contributed by atoms with Crippen LogP contribution in [0, 0.1) is 6.92 Å². The van der Waals surface area contributed by atoms with Crippen molar-refractivity contribution in [1.82, 2.24) is 15.1 Å². The number of hydrogen-bond donors (Lipinski definition) is 2. The van der Waals surface area contributed by atoms with E-state index < -0.39 is 0 Å². The average Bonchev–Trinajstić information content (AvgIpc) is 2.65. The molecule has 4 heteroatoms. The van der Waals surface area contributed by atoms with E-state index in [2.05, 4.69) is 21.8 Å². The van der Waals surface area contributed by atoms with Gasteiger partial charge in [-0.2, -0.15) is 5.10 Å². The fourth-order valence-electron chi connectivity index (χ4n) is 2.51. The summed E-state index contributed by atoms with van der Waals surface area (Å²) in [6.45, 7) is 4.27. The quantitative estimate of drug-likeness (QED) is 0.769. The minimum atomic E-state index is 0.749. The number of nitrogens with one attached hydrogen (secondary N) is 2. The van der Waals surface area contributed by atoms with Crippen molar-refractivity contribution in [2.24, 2.45) is 7.05 Å². The highest BCUT2D eigenvalue weighted by Gasteiger charge is 2.11. The van der Waals surface area contributed by atoms with Gasteiger partial charge in [-0.3, -0.25) is 4.68 Å². The number of piperidine rings is 1. The van der Waals surface area contributed by atoms with Crippen LogP contribution in [-0.2, 0) is 7.05 Å². The number of hydrogen-bond acceptors (Lipinski definition) is 3. The largest absolute Gasteiger partial charge is 0.370 e. The summed E-state index contributed by atoms with van der Waals surface area (Å²) in [5.74, 6) is 1.12. The van der Waals surface area contributed by atoms with Crippen LogP contribution >= 0.6 is 0 Å². The molecule has 2 heterocycles. The molecule has 1 aliphatic heterocycles. The molecule has 1 fully saturated rings. The van der Waals surface area contributed by atoms with Gasteiger partial charge in [-0.1, -0.05) is 6.42 Å². The van der Waals surface area contributed by atoms with Crippen LogP contribution < -0.4 is 10.6 Å². The Morgan fingerprint density at radius 1 is 1.53 bits per heavy atom. The smallest absolute Gasteiger partial charge is 0.124 e. The first-order valence-electron chi connectivity index (χ1n) is 6.73. The van der Waals surface area contributed by atoms with Gasteiger partial charge in [-0.25, -0.2) is 0 Å². The van der Waals surface area contributed by atoms with Crippen molar-refractivity contribution in [2.75, 3.05) is 18.4 Å². The van der Waals surface area contributed by atoms with E-state index in [0.717, 1.165) is 24.1 Å². The molecule has 96 valence electrons. The normalized spacial score (nSPS) is 20.5. The Balaban J connectivity index is 1.64. The lowest BCUT2D eigenvalue weighted by Gasteiger charge is -2.23. The molecule has 2 N–H and O–H groups in total. The van der Waals surface area contributed by atoms with Crippen molar-refractivity contribution in [3.8, 4) is 0 Å². The summed E-state index contributed by atoms with van der Waals surface area (Å²) < 4.78 is 1.91. The Morgan fingerprint density at radius 3 is 3.06 bits per heavy atom. The third kappa shape index (κ3) is 3.73. The van der Waals surface area contributed by atoms with E-state index in [1.165, 1.54) is 38.6 Å². The average molecular weight is 236 g/mol. The molecule has 1 aromatic rings. The minimum Gasteiger partial charge on any atom is -0.370 e. The van der Waals surface area contributed by atoms with Crippen LogP contribution in [0.4, 0.5) is 5.82 Å². The van der Waals surface area contributed by atoms with Crippen LogP contribution in [0.5, 0.6) is 0 Å². The number of aryl methyl sites for hydroxylation is 2. The minimum absolute atomic E-state index is 0.749. The van der Waals surface area contributed by atoms with Gasteiger partial charge in [0.1, 0.15) is 5.82 Å². The second kappa shape index (κ2) is 6.05. The van der Waals surface area contributed by atoms with Crippen molar-refractivity contribution in [3.63, 3.8) is 0 Å². The first-order valence-corrected chi connectivity index (χ1v) is 6.73. The van der Waals surface area contributed by atoms with Gasteiger partial charge in [0.2, 0.25) is 0 Å². The lowest BCUT2D eigenvalue weighted by molar-refractivity contribution is 0.378. The van der Waals surface area contributed by atoms with Crippen LogP contribution in [-0.4, -0.2) is 28.9 Å². The van der Waals surface area contributed by atoms with Crippen LogP contribution in [0.25, 0.3) is 0 Å². The van der Waals surface area contributed by atoms with E-state index in [-0.39, 0.29) is 0 Å². The summed E-state index contributed by atoms with van der Waals surface area (Å²) in [6, 6.07) is 2.85. The van der Waals surface area contributed by atoms with Gasteiger partial charge >= 0.3 is 0 Å². The van der Waals surface area contributed by atoms with Gasteiger partial charge in [0.05, 0.1) is 5.69 Å². The molecule has 2 rings (SSSR count). The molecular formula is C13H24N4. The Morgan fingerprint density at radius 2 is 2.41 bits per heavy atom. The molecule has 0 radical (unpaired) electrons. The first-order chi connectivity index (χ1) is 8.25. The summed E-state index contributed by atoms with van der Waals surface area (Å²) in [5.41, 5.74) is 1.07. The zero-order chi connectivity index (χ0) is 12.1. The molecule has 0 aromatic carbocycles. The van der Waals surface area contributed by atoms with Crippen molar-refractivity contribution in [1.29, 1.82) is 0 Å². The van der Waals surface area contributed by atoms with E-state index >= 15 is 0 Å². The lowest BCUT2D eigenvalue weighted by atomic mass is 10.0. The van der Waals surface area contributed by atoms with Gasteiger partial charge in [0.15, 0.2) is 0 Å². The summed E-state index contributed by atoms with van der Waals surface area (Å²) in [4.78, 5) is 0. The molecule has 0 amide bonds. The van der Waals surface area contributed by atoms with E-state index in [1.807, 2.05) is 18.7 Å². The standard InChI is InChI=1S/C13H24N4/c1-11-10-13(17(2)16-11)15-9-5-7-12-6-3-4-8-14-12/h10,12,14-15H,3-9H2,1-2H3. The van der Waals surface area contributed by atoms with Gasteiger partial charge in [0.25, 0.3) is 0 Å². The zero-order valence-electron chi connectivity index (χ0n) is 11.0. The second-order valence-electron chi connectivity index (χ2n) is 5.01. The van der Waals surface area contributed by atoms with Gasteiger partial charge < -0.3 is 10.6 Å². The van der Waals surface area contributed by atoms with Crippen LogP contribution in [0.1, 0.15) is 37.8 Å². The molecule has 0 bridgehead atoms. The SMILES string of the molecule is Cc1cc(NCCCC2CCCCN2)n(C)n1. The molecule has 4 nitrogen and oxygen atoms in total. The number of rotatable bonds is 5. The second-order valence-corrected chi connectivity index (χ2v) is 5.01. The van der Waals surface area contributed by atoms with E-state index in [1.54, 1.807) is 0 Å². The molecule has 0 saturated carbocycles. The van der Waals surface area contributed by atoms with Crippen molar-refractivity contribution in [3.05, 3.63) is 11.8 Å². The monoisotopic (exact) mass is 236 g/mol. The number of nitrogens with zero attached hydrogens (tertiary/aromatic N) is 2. The van der Waals surface area contributed by atoms with Gasteiger partial charge in [-0.05, 0) is 39.2 Å². The van der Waals surface area contributed by atoms with E-state index in [9.17, 15) is 0 Å². The zero-order valence-corrected chi connectivity index (χ0v) is 11.0. The predicted molar refractivity (Wildman–Crippen MR) is 71.3 cm³/mol. The Kier molecular flexibility index (Phi) is 4.42. The van der Waals surface area contributed by atoms with Gasteiger partial charge in [0, 0.05) is 25.7 Å². The summed E-state index contributed by atoms with van der Waals surface area (Å²) in [6.07, 6.45) is 6.60. The molecule has 1 saturated heterocycles. The third-order valence-corrected chi connectivity index (χ3v) is 3.45. The Bertz CT molecular complexity index is 339. The number of anilines is 1. The Hall–Kier alpha value is -1.03. The van der Waals surface area contributed by atoms with Crippen molar-refractivity contribution >= 4 is 5.82 Å². The molecule has 0 spiro atoms. The van der Waals surface area contributed by atoms with Crippen LogP contribution in [0.2, 0.25) is 0 Å². The topological polar surface area (TPSA) is 41.9 Å². The predicted octanol–water partition coefficient (Wildman–Crippen LogP) is 2.06. The molecule has 1 aliphatic rings. The molecule has 0 aliphatic carbocycles. The van der Waals surface area contributed by atoms with Crippen LogP contribution in [0.15, 0.2) is 6.07 Å². The fraction of sp³-hybridized carbons (Fsp3) is 0.769. The maximum absolute atomic E-state index is 4.32. The van der Waals surface area contributed by atoms with Crippen molar-refractivity contribution < 1.29 is 0 Å². The fourth-order valence-corrected chi connectivity index (χ4v) is 2.51. The summed E-state index contributed by atoms with van der Waals surface area (Å²) in [7, 11) is 1.98. The molecule has 1 atom stereocenters.